The van der Waals surface area contributed by atoms with Crippen molar-refractivity contribution in [1.82, 2.24) is 10.3 Å². The molecule has 29 heavy (non-hydrogen) atoms. The molecule has 0 unspecified atom stereocenters. The Labute approximate surface area is 170 Å². The van der Waals surface area contributed by atoms with Gasteiger partial charge < -0.3 is 25.2 Å². The smallest absolute Gasteiger partial charge is 0.405 e. The standard InChI is InChI=1S/C21H27N3O5/c1-13-7-9-15(11-16(13)28-6)29-17-10-8-14(12-22-17)23-18(25)21(5,20(2,3)4)24-19(26)27/h7-12,24H,1-6H3,(H,23,25)(H,26,27)/t21-/m0/s1. The molecular weight excluding hydrogens is 374 g/mol. The van der Waals surface area contributed by atoms with Crippen molar-refractivity contribution >= 4 is 17.7 Å². The van der Waals surface area contributed by atoms with Crippen LogP contribution in [-0.2, 0) is 4.79 Å². The third-order valence-electron chi connectivity index (χ3n) is 4.91. The maximum Gasteiger partial charge on any atom is 0.405 e. The van der Waals surface area contributed by atoms with Crippen LogP contribution >= 0.6 is 0 Å². The lowest BCUT2D eigenvalue weighted by Gasteiger charge is -2.40. The quantitative estimate of drug-likeness (QED) is 0.669. The number of rotatable bonds is 6. The van der Waals surface area contributed by atoms with Gasteiger partial charge in [-0.3, -0.25) is 4.79 Å². The molecule has 2 amide bonds. The van der Waals surface area contributed by atoms with Gasteiger partial charge in [0.15, 0.2) is 0 Å². The second kappa shape index (κ2) is 8.38. The first-order chi connectivity index (χ1) is 13.5. The second-order valence-corrected chi connectivity index (χ2v) is 7.88. The highest BCUT2D eigenvalue weighted by atomic mass is 16.5. The first kappa shape index (κ1) is 22.0. The fourth-order valence-corrected chi connectivity index (χ4v) is 2.55. The summed E-state index contributed by atoms with van der Waals surface area (Å²) in [5.74, 6) is 1.14. The predicted molar refractivity (Wildman–Crippen MR) is 110 cm³/mol. The van der Waals surface area contributed by atoms with Crippen LogP contribution in [0.2, 0.25) is 0 Å². The zero-order valence-electron chi connectivity index (χ0n) is 17.5. The van der Waals surface area contributed by atoms with Crippen LogP contribution in [0, 0.1) is 12.3 Å². The Bertz CT molecular complexity index is 890. The van der Waals surface area contributed by atoms with E-state index in [0.29, 0.717) is 23.1 Å². The van der Waals surface area contributed by atoms with Crippen LogP contribution in [0.1, 0.15) is 33.3 Å². The van der Waals surface area contributed by atoms with E-state index < -0.39 is 23.0 Å². The molecule has 0 saturated heterocycles. The normalized spacial score (nSPS) is 13.2. The minimum Gasteiger partial charge on any atom is -0.496 e. The van der Waals surface area contributed by atoms with Gasteiger partial charge in [0.25, 0.3) is 5.91 Å². The van der Waals surface area contributed by atoms with Gasteiger partial charge in [-0.15, -0.1) is 0 Å². The number of methoxy groups -OCH3 is 1. The summed E-state index contributed by atoms with van der Waals surface area (Å²) in [6.07, 6.45) is 0.177. The first-order valence-corrected chi connectivity index (χ1v) is 9.07. The molecule has 0 bridgehead atoms. The van der Waals surface area contributed by atoms with Gasteiger partial charge in [-0.25, -0.2) is 9.78 Å². The molecule has 0 saturated carbocycles. The number of ether oxygens (including phenoxy) is 2. The Morgan fingerprint density at radius 3 is 2.31 bits per heavy atom. The average molecular weight is 401 g/mol. The summed E-state index contributed by atoms with van der Waals surface area (Å²) >= 11 is 0. The van der Waals surface area contributed by atoms with Crippen molar-refractivity contribution < 1.29 is 24.2 Å². The minimum absolute atomic E-state index is 0.344. The Morgan fingerprint density at radius 2 is 1.79 bits per heavy atom. The molecule has 2 aromatic rings. The maximum atomic E-state index is 12.8. The lowest BCUT2D eigenvalue weighted by atomic mass is 9.74. The van der Waals surface area contributed by atoms with Gasteiger partial charge in [-0.05, 0) is 37.0 Å². The molecule has 3 N–H and O–H groups in total. The summed E-state index contributed by atoms with van der Waals surface area (Å²) in [4.78, 5) is 28.2. The predicted octanol–water partition coefficient (Wildman–Crippen LogP) is 4.20. The van der Waals surface area contributed by atoms with Gasteiger partial charge in [-0.1, -0.05) is 26.8 Å². The van der Waals surface area contributed by atoms with Crippen molar-refractivity contribution in [3.63, 3.8) is 0 Å². The fourth-order valence-electron chi connectivity index (χ4n) is 2.55. The Morgan fingerprint density at radius 1 is 1.10 bits per heavy atom. The van der Waals surface area contributed by atoms with Gasteiger partial charge >= 0.3 is 6.09 Å². The monoisotopic (exact) mass is 401 g/mol. The maximum absolute atomic E-state index is 12.8. The molecule has 8 nitrogen and oxygen atoms in total. The summed E-state index contributed by atoms with van der Waals surface area (Å²) in [5.41, 5.74) is -0.586. The number of nitrogens with one attached hydrogen (secondary N) is 2. The molecule has 0 aliphatic carbocycles. The van der Waals surface area contributed by atoms with Crippen molar-refractivity contribution in [3.8, 4) is 17.4 Å². The number of pyridine rings is 1. The van der Waals surface area contributed by atoms with Gasteiger partial charge in [0.05, 0.1) is 19.0 Å². The highest BCUT2D eigenvalue weighted by molar-refractivity contribution is 6.00. The summed E-state index contributed by atoms with van der Waals surface area (Å²) < 4.78 is 11.0. The number of hydrogen-bond acceptors (Lipinski definition) is 5. The van der Waals surface area contributed by atoms with E-state index >= 15 is 0 Å². The molecule has 1 heterocycles. The van der Waals surface area contributed by atoms with Crippen LogP contribution in [0.15, 0.2) is 36.5 Å². The molecule has 0 radical (unpaired) electrons. The molecule has 0 spiro atoms. The van der Waals surface area contributed by atoms with E-state index in [0.717, 1.165) is 5.56 Å². The lowest BCUT2D eigenvalue weighted by molar-refractivity contribution is -0.125. The number of nitrogens with zero attached hydrogens (tertiary/aromatic N) is 1. The van der Waals surface area contributed by atoms with Crippen LogP contribution in [-0.4, -0.2) is 34.7 Å². The zero-order chi connectivity index (χ0) is 21.8. The average Bonchev–Trinajstić information content (AvgIpc) is 2.63. The summed E-state index contributed by atoms with van der Waals surface area (Å²) in [6.45, 7) is 8.84. The van der Waals surface area contributed by atoms with Gasteiger partial charge in [0.1, 0.15) is 17.0 Å². The summed E-state index contributed by atoms with van der Waals surface area (Å²) in [6, 6.07) is 8.70. The lowest BCUT2D eigenvalue weighted by Crippen LogP contribution is -2.62. The van der Waals surface area contributed by atoms with Crippen LogP contribution in [0.25, 0.3) is 0 Å². The van der Waals surface area contributed by atoms with Crippen LogP contribution in [0.5, 0.6) is 17.4 Å². The third-order valence-corrected chi connectivity index (χ3v) is 4.91. The highest BCUT2D eigenvalue weighted by Gasteiger charge is 2.45. The van der Waals surface area contributed by atoms with E-state index in [9.17, 15) is 9.59 Å². The van der Waals surface area contributed by atoms with Crippen molar-refractivity contribution in [2.24, 2.45) is 5.41 Å². The number of carbonyl (C=O) groups is 2. The van der Waals surface area contributed by atoms with Crippen LogP contribution in [0.3, 0.4) is 0 Å². The van der Waals surface area contributed by atoms with E-state index in [1.54, 1.807) is 53.0 Å². The minimum atomic E-state index is -1.34. The molecular formula is C21H27N3O5. The molecule has 1 aromatic carbocycles. The Balaban J connectivity index is 2.13. The van der Waals surface area contributed by atoms with Crippen LogP contribution in [0.4, 0.5) is 10.5 Å². The zero-order valence-corrected chi connectivity index (χ0v) is 17.5. The van der Waals surface area contributed by atoms with E-state index in [-0.39, 0.29) is 0 Å². The SMILES string of the molecule is COc1cc(Oc2ccc(NC(=O)[C@](C)(NC(=O)O)C(C)(C)C)cn2)ccc1C. The number of aromatic nitrogens is 1. The molecule has 1 aromatic heterocycles. The molecule has 8 heteroatoms. The third kappa shape index (κ3) is 5.16. The molecule has 2 rings (SSSR count). The fraction of sp³-hybridized carbons (Fsp3) is 0.381. The van der Waals surface area contributed by atoms with Gasteiger partial charge in [-0.2, -0.15) is 0 Å². The summed E-state index contributed by atoms with van der Waals surface area (Å²) in [5, 5.41) is 14.2. The Kier molecular flexibility index (Phi) is 6.36. The number of hydrogen-bond donors (Lipinski definition) is 3. The topological polar surface area (TPSA) is 110 Å². The van der Waals surface area contributed by atoms with Crippen molar-refractivity contribution in [2.45, 2.75) is 40.2 Å². The van der Waals surface area contributed by atoms with E-state index in [2.05, 4.69) is 15.6 Å². The van der Waals surface area contributed by atoms with Crippen molar-refractivity contribution in [3.05, 3.63) is 42.1 Å². The van der Waals surface area contributed by atoms with E-state index in [1.807, 2.05) is 19.1 Å². The largest absolute Gasteiger partial charge is 0.496 e. The van der Waals surface area contributed by atoms with Gasteiger partial charge in [0.2, 0.25) is 5.88 Å². The number of anilines is 1. The van der Waals surface area contributed by atoms with E-state index in [1.165, 1.54) is 6.20 Å². The number of aryl methyl sites for hydroxylation is 1. The van der Waals surface area contributed by atoms with Crippen LogP contribution < -0.4 is 20.1 Å². The molecule has 0 aliphatic rings. The number of carboxylic acid groups (broad SMARTS) is 1. The number of amides is 2. The molecule has 0 fully saturated rings. The number of carbonyl (C=O) groups excluding carboxylic acids is 1. The highest BCUT2D eigenvalue weighted by Crippen LogP contribution is 2.32. The van der Waals surface area contributed by atoms with Gasteiger partial charge in [0, 0.05) is 12.1 Å². The second-order valence-electron chi connectivity index (χ2n) is 7.88. The van der Waals surface area contributed by atoms with Crippen molar-refractivity contribution in [2.75, 3.05) is 12.4 Å². The van der Waals surface area contributed by atoms with Crippen molar-refractivity contribution in [1.29, 1.82) is 0 Å². The Hall–Kier alpha value is -3.29. The molecule has 0 aliphatic heterocycles. The molecule has 1 atom stereocenters. The number of benzene rings is 1. The summed E-state index contributed by atoms with van der Waals surface area (Å²) in [7, 11) is 1.59. The van der Waals surface area contributed by atoms with E-state index in [4.69, 9.17) is 14.6 Å². The molecule has 156 valence electrons. The first-order valence-electron chi connectivity index (χ1n) is 9.07.